The number of hydrogen-bond acceptors (Lipinski definition) is 4. The molecular weight excluding hydrogens is 421 g/mol. The number of pyridine rings is 1. The number of nitrogens with one attached hydrogen (secondary N) is 2. The van der Waals surface area contributed by atoms with Crippen LogP contribution in [-0.2, 0) is 24.3 Å². The van der Waals surface area contributed by atoms with Crippen LogP contribution in [0.15, 0.2) is 60.8 Å². The first kappa shape index (κ1) is 23.9. The smallest absolute Gasteiger partial charge is 0.221 e. The normalized spacial score (nSPS) is 13.7. The third kappa shape index (κ3) is 6.05. The Bertz CT molecular complexity index is 855. The Balaban J connectivity index is 0.00000160. The minimum absolute atomic E-state index is 0. The number of amides is 1. The van der Waals surface area contributed by atoms with Gasteiger partial charge in [0.2, 0.25) is 5.91 Å². The van der Waals surface area contributed by atoms with Crippen molar-refractivity contribution in [3.05, 3.63) is 83.4 Å². The van der Waals surface area contributed by atoms with Crippen LogP contribution in [0.5, 0.6) is 0 Å². The number of rotatable bonds is 6. The van der Waals surface area contributed by atoms with Gasteiger partial charge in [-0.25, -0.2) is 0 Å². The zero-order valence-electron chi connectivity index (χ0n) is 16.7. The number of aryl methyl sites for hydroxylation is 2. The lowest BCUT2D eigenvalue weighted by Crippen LogP contribution is -2.30. The summed E-state index contributed by atoms with van der Waals surface area (Å²) in [5.74, 6) is 0.000764. The van der Waals surface area contributed by atoms with E-state index in [0.717, 1.165) is 43.0 Å². The van der Waals surface area contributed by atoms with Crippen LogP contribution in [0.1, 0.15) is 41.5 Å². The molecule has 1 aliphatic heterocycles. The van der Waals surface area contributed by atoms with E-state index in [9.17, 15) is 4.79 Å². The predicted octanol–water partition coefficient (Wildman–Crippen LogP) is 3.45. The average Bonchev–Trinajstić information content (AvgIpc) is 3.00. The summed E-state index contributed by atoms with van der Waals surface area (Å²) in [7, 11) is 0. The zero-order chi connectivity index (χ0) is 19.2. The van der Waals surface area contributed by atoms with Crippen LogP contribution in [0.2, 0.25) is 0 Å². The van der Waals surface area contributed by atoms with Crippen molar-refractivity contribution in [3.8, 4) is 0 Å². The summed E-state index contributed by atoms with van der Waals surface area (Å²) in [6, 6.07) is 17.6. The van der Waals surface area contributed by atoms with E-state index in [4.69, 9.17) is 0 Å². The zero-order valence-corrected chi connectivity index (χ0v) is 18.3. The molecule has 1 atom stereocenters. The van der Waals surface area contributed by atoms with Gasteiger partial charge in [0.15, 0.2) is 0 Å². The number of nitrogens with zero attached hydrogens (tertiary/aromatic N) is 3. The van der Waals surface area contributed by atoms with Crippen molar-refractivity contribution in [2.75, 3.05) is 6.54 Å². The molecule has 8 heteroatoms. The van der Waals surface area contributed by atoms with Gasteiger partial charge in [-0.3, -0.25) is 14.5 Å². The van der Waals surface area contributed by atoms with E-state index < -0.39 is 0 Å². The molecule has 0 aliphatic carbocycles. The number of carbonyl (C=O) groups is 1. The van der Waals surface area contributed by atoms with Crippen LogP contribution < -0.4 is 10.6 Å². The Morgan fingerprint density at radius 3 is 2.70 bits per heavy atom. The maximum Gasteiger partial charge on any atom is 0.221 e. The average molecular weight is 448 g/mol. The molecule has 30 heavy (non-hydrogen) atoms. The first-order chi connectivity index (χ1) is 13.8. The van der Waals surface area contributed by atoms with Crippen molar-refractivity contribution in [2.45, 2.75) is 38.4 Å². The fourth-order valence-corrected chi connectivity index (χ4v) is 3.54. The van der Waals surface area contributed by atoms with Crippen LogP contribution in [-0.4, -0.2) is 27.2 Å². The summed E-state index contributed by atoms with van der Waals surface area (Å²) < 4.78 is 2.06. The van der Waals surface area contributed by atoms with E-state index in [2.05, 4.69) is 31.5 Å². The Morgan fingerprint density at radius 2 is 1.93 bits per heavy atom. The molecule has 3 heterocycles. The monoisotopic (exact) mass is 447 g/mol. The van der Waals surface area contributed by atoms with E-state index in [1.165, 1.54) is 5.69 Å². The lowest BCUT2D eigenvalue weighted by molar-refractivity contribution is -0.121. The quantitative estimate of drug-likeness (QED) is 0.606. The predicted molar refractivity (Wildman–Crippen MR) is 122 cm³/mol. The molecule has 1 aromatic carbocycles. The molecule has 0 fully saturated rings. The number of benzene rings is 1. The Hall–Kier alpha value is -2.41. The molecule has 1 unspecified atom stereocenters. The van der Waals surface area contributed by atoms with Crippen molar-refractivity contribution >= 4 is 30.7 Å². The van der Waals surface area contributed by atoms with Gasteiger partial charge in [0.05, 0.1) is 23.1 Å². The largest absolute Gasteiger partial charge is 0.344 e. The van der Waals surface area contributed by atoms with Gasteiger partial charge in [-0.15, -0.1) is 24.8 Å². The highest BCUT2D eigenvalue weighted by Crippen LogP contribution is 2.20. The van der Waals surface area contributed by atoms with Gasteiger partial charge in [0.25, 0.3) is 0 Å². The van der Waals surface area contributed by atoms with Crippen LogP contribution >= 0.6 is 24.8 Å². The molecule has 2 N–H and O–H groups in total. The highest BCUT2D eigenvalue weighted by atomic mass is 35.5. The van der Waals surface area contributed by atoms with Gasteiger partial charge in [0, 0.05) is 32.1 Å². The lowest BCUT2D eigenvalue weighted by Gasteiger charge is -2.18. The minimum Gasteiger partial charge on any atom is -0.344 e. The van der Waals surface area contributed by atoms with Crippen molar-refractivity contribution in [3.63, 3.8) is 0 Å². The summed E-state index contributed by atoms with van der Waals surface area (Å²) >= 11 is 0. The molecule has 0 saturated carbocycles. The van der Waals surface area contributed by atoms with Gasteiger partial charge in [-0.1, -0.05) is 36.4 Å². The topological polar surface area (TPSA) is 71.8 Å². The first-order valence-electron chi connectivity index (χ1n) is 9.81. The van der Waals surface area contributed by atoms with Crippen LogP contribution in [0.25, 0.3) is 0 Å². The highest BCUT2D eigenvalue weighted by Gasteiger charge is 2.18. The van der Waals surface area contributed by atoms with Gasteiger partial charge in [-0.2, -0.15) is 5.10 Å². The molecule has 2 aromatic heterocycles. The van der Waals surface area contributed by atoms with E-state index in [0.29, 0.717) is 12.8 Å². The molecule has 6 nitrogen and oxygen atoms in total. The summed E-state index contributed by atoms with van der Waals surface area (Å²) in [6.45, 7) is 2.80. The second kappa shape index (κ2) is 11.7. The van der Waals surface area contributed by atoms with Crippen molar-refractivity contribution in [2.24, 2.45) is 0 Å². The van der Waals surface area contributed by atoms with E-state index in [-0.39, 0.29) is 36.8 Å². The van der Waals surface area contributed by atoms with Gasteiger partial charge < -0.3 is 10.6 Å². The van der Waals surface area contributed by atoms with Crippen molar-refractivity contribution < 1.29 is 4.79 Å². The molecule has 1 amide bonds. The number of halogens is 2. The van der Waals surface area contributed by atoms with E-state index in [1.54, 1.807) is 6.20 Å². The molecule has 160 valence electrons. The molecular formula is C22H27Cl2N5O. The second-order valence-corrected chi connectivity index (χ2v) is 7.05. The van der Waals surface area contributed by atoms with E-state index in [1.807, 2.05) is 48.5 Å². The molecule has 0 saturated heterocycles. The summed E-state index contributed by atoms with van der Waals surface area (Å²) in [5, 5.41) is 11.2. The van der Waals surface area contributed by atoms with Gasteiger partial charge >= 0.3 is 0 Å². The van der Waals surface area contributed by atoms with Crippen LogP contribution in [0, 0.1) is 0 Å². The number of fused-ring (bicyclic) bond motifs is 1. The Labute approximate surface area is 189 Å². The molecule has 3 aromatic rings. The standard InChI is InChI=1S/C22H25N5O.2ClH/c28-21(11-10-18-15-19-16-23-12-6-14-27(19)26-18)25-22(17-7-2-1-3-8-17)20-9-4-5-13-24-20;;/h1-5,7-9,13,15,22-23H,6,10-12,14,16H2,(H,25,28);2*1H. The van der Waals surface area contributed by atoms with Crippen LogP contribution in [0.4, 0.5) is 0 Å². The second-order valence-electron chi connectivity index (χ2n) is 7.05. The highest BCUT2D eigenvalue weighted by molar-refractivity contribution is 5.85. The lowest BCUT2D eigenvalue weighted by atomic mass is 10.0. The van der Waals surface area contributed by atoms with Crippen molar-refractivity contribution in [1.29, 1.82) is 0 Å². The first-order valence-corrected chi connectivity index (χ1v) is 9.81. The number of aromatic nitrogens is 3. The maximum atomic E-state index is 12.7. The molecule has 4 rings (SSSR count). The summed E-state index contributed by atoms with van der Waals surface area (Å²) in [5.41, 5.74) is 4.03. The molecule has 0 radical (unpaired) electrons. The Kier molecular flexibility index (Phi) is 9.30. The third-order valence-corrected chi connectivity index (χ3v) is 4.97. The Morgan fingerprint density at radius 1 is 1.13 bits per heavy atom. The van der Waals surface area contributed by atoms with Gasteiger partial charge in [-0.05, 0) is 36.7 Å². The summed E-state index contributed by atoms with van der Waals surface area (Å²) in [4.78, 5) is 17.1. The maximum absolute atomic E-state index is 12.7. The number of hydrogen-bond donors (Lipinski definition) is 2. The van der Waals surface area contributed by atoms with Crippen LogP contribution in [0.3, 0.4) is 0 Å². The fraction of sp³-hybridized carbons (Fsp3) is 0.318. The molecule has 0 bridgehead atoms. The molecule has 0 spiro atoms. The number of carbonyl (C=O) groups excluding carboxylic acids is 1. The fourth-order valence-electron chi connectivity index (χ4n) is 3.54. The van der Waals surface area contributed by atoms with Crippen molar-refractivity contribution in [1.82, 2.24) is 25.4 Å². The summed E-state index contributed by atoms with van der Waals surface area (Å²) in [6.07, 6.45) is 3.87. The van der Waals surface area contributed by atoms with E-state index >= 15 is 0 Å². The van der Waals surface area contributed by atoms with Gasteiger partial charge in [0.1, 0.15) is 0 Å². The SMILES string of the molecule is Cl.Cl.O=C(CCc1cc2n(n1)CCCNC2)NC(c1ccccc1)c1ccccn1. The third-order valence-electron chi connectivity index (χ3n) is 4.97. The molecule has 1 aliphatic rings. The minimum atomic E-state index is -0.252.